The molecule has 0 saturated heterocycles. The number of ether oxygens (including phenoxy) is 1. The van der Waals surface area contributed by atoms with Crippen LogP contribution in [0, 0.1) is 0 Å². The van der Waals surface area contributed by atoms with E-state index in [4.69, 9.17) is 10.8 Å². The molecule has 0 aromatic carbocycles. The SMILES string of the molecule is COC(=O)[C@H](C)NC(=O)[C@H](N)CCC(=O)O.Cl. The Morgan fingerprint density at radius 2 is 1.94 bits per heavy atom. The predicted octanol–water partition coefficient (Wildman–Crippen LogP) is -0.722. The molecule has 0 aliphatic carbocycles. The molecule has 17 heavy (non-hydrogen) atoms. The van der Waals surface area contributed by atoms with Crippen LogP contribution >= 0.6 is 12.4 Å². The first-order valence-corrected chi connectivity index (χ1v) is 4.74. The van der Waals surface area contributed by atoms with Crippen LogP contribution in [0.1, 0.15) is 19.8 Å². The van der Waals surface area contributed by atoms with Gasteiger partial charge in [-0.1, -0.05) is 0 Å². The van der Waals surface area contributed by atoms with Crippen molar-refractivity contribution in [3.63, 3.8) is 0 Å². The number of carbonyl (C=O) groups excluding carboxylic acids is 2. The van der Waals surface area contributed by atoms with Gasteiger partial charge in [0.25, 0.3) is 0 Å². The van der Waals surface area contributed by atoms with Crippen molar-refractivity contribution in [2.24, 2.45) is 5.73 Å². The van der Waals surface area contributed by atoms with Crippen LogP contribution in [-0.4, -0.2) is 42.1 Å². The van der Waals surface area contributed by atoms with E-state index in [-0.39, 0.29) is 25.2 Å². The number of nitrogens with two attached hydrogens (primary N) is 1. The fourth-order valence-corrected chi connectivity index (χ4v) is 0.966. The van der Waals surface area contributed by atoms with E-state index in [0.29, 0.717) is 0 Å². The Hall–Kier alpha value is -1.34. The number of esters is 1. The van der Waals surface area contributed by atoms with Crippen molar-refractivity contribution in [3.05, 3.63) is 0 Å². The number of hydrogen-bond donors (Lipinski definition) is 3. The molecular weight excluding hydrogens is 252 g/mol. The van der Waals surface area contributed by atoms with Crippen molar-refractivity contribution in [2.75, 3.05) is 7.11 Å². The summed E-state index contributed by atoms with van der Waals surface area (Å²) in [6.45, 7) is 1.45. The molecule has 1 amide bonds. The Morgan fingerprint density at radius 1 is 1.41 bits per heavy atom. The van der Waals surface area contributed by atoms with E-state index in [9.17, 15) is 14.4 Å². The molecule has 100 valence electrons. The smallest absolute Gasteiger partial charge is 0.328 e. The third-order valence-corrected chi connectivity index (χ3v) is 1.92. The van der Waals surface area contributed by atoms with Crippen LogP contribution in [0.2, 0.25) is 0 Å². The summed E-state index contributed by atoms with van der Waals surface area (Å²) in [5.41, 5.74) is 5.43. The molecule has 4 N–H and O–H groups in total. The highest BCUT2D eigenvalue weighted by molar-refractivity contribution is 5.87. The van der Waals surface area contributed by atoms with E-state index in [1.807, 2.05) is 0 Å². The molecule has 0 bridgehead atoms. The standard InChI is InChI=1S/C9H16N2O5.ClH/c1-5(9(15)16-2)11-8(14)6(10)3-4-7(12)13;/h5-6H,3-4,10H2,1-2H3,(H,11,14)(H,12,13);1H/t5-,6+;/m0./s1. The number of carboxylic acids is 1. The molecular formula is C9H17ClN2O5. The lowest BCUT2D eigenvalue weighted by atomic mass is 10.1. The molecule has 0 spiro atoms. The van der Waals surface area contributed by atoms with E-state index >= 15 is 0 Å². The van der Waals surface area contributed by atoms with Crippen molar-refractivity contribution in [1.82, 2.24) is 5.32 Å². The average Bonchev–Trinajstić information content (AvgIpc) is 2.24. The first kappa shape index (κ1) is 18.0. The molecule has 0 aliphatic rings. The molecule has 0 radical (unpaired) electrons. The Kier molecular flexibility index (Phi) is 9.31. The second kappa shape index (κ2) is 8.77. The van der Waals surface area contributed by atoms with E-state index in [1.54, 1.807) is 0 Å². The second-order valence-electron chi connectivity index (χ2n) is 3.29. The number of methoxy groups -OCH3 is 1. The lowest BCUT2D eigenvalue weighted by Crippen LogP contribution is -2.47. The number of hydrogen-bond acceptors (Lipinski definition) is 5. The average molecular weight is 269 g/mol. The van der Waals surface area contributed by atoms with Crippen molar-refractivity contribution < 1.29 is 24.2 Å². The van der Waals surface area contributed by atoms with E-state index in [1.165, 1.54) is 14.0 Å². The maximum absolute atomic E-state index is 11.3. The molecule has 7 nitrogen and oxygen atoms in total. The minimum Gasteiger partial charge on any atom is -0.481 e. The minimum atomic E-state index is -1.02. The molecule has 0 fully saturated rings. The number of carbonyl (C=O) groups is 3. The monoisotopic (exact) mass is 268 g/mol. The van der Waals surface area contributed by atoms with E-state index in [0.717, 1.165) is 0 Å². The van der Waals surface area contributed by atoms with Crippen molar-refractivity contribution in [2.45, 2.75) is 31.8 Å². The molecule has 0 unspecified atom stereocenters. The summed E-state index contributed by atoms with van der Waals surface area (Å²) in [4.78, 5) is 32.6. The maximum Gasteiger partial charge on any atom is 0.328 e. The summed E-state index contributed by atoms with van der Waals surface area (Å²) in [6.07, 6.45) is -0.170. The number of carboxylic acid groups (broad SMARTS) is 1. The summed E-state index contributed by atoms with van der Waals surface area (Å²) in [5.74, 6) is -2.18. The summed E-state index contributed by atoms with van der Waals surface area (Å²) < 4.78 is 4.40. The zero-order chi connectivity index (χ0) is 12.7. The van der Waals surface area contributed by atoms with Gasteiger partial charge < -0.3 is 20.9 Å². The van der Waals surface area contributed by atoms with Crippen LogP contribution in [0.3, 0.4) is 0 Å². The first-order valence-electron chi connectivity index (χ1n) is 4.74. The van der Waals surface area contributed by atoms with Gasteiger partial charge in [-0.05, 0) is 13.3 Å². The zero-order valence-corrected chi connectivity index (χ0v) is 10.5. The van der Waals surface area contributed by atoms with E-state index < -0.39 is 29.9 Å². The van der Waals surface area contributed by atoms with Crippen LogP contribution in [0.15, 0.2) is 0 Å². The minimum absolute atomic E-state index is 0. The van der Waals surface area contributed by atoms with Crippen LogP contribution in [-0.2, 0) is 19.1 Å². The van der Waals surface area contributed by atoms with Gasteiger partial charge in [-0.25, -0.2) is 4.79 Å². The molecule has 0 rings (SSSR count). The van der Waals surface area contributed by atoms with Crippen molar-refractivity contribution in [3.8, 4) is 0 Å². The molecule has 2 atom stereocenters. The summed E-state index contributed by atoms with van der Waals surface area (Å²) >= 11 is 0. The Labute approximate surface area is 105 Å². The van der Waals surface area contributed by atoms with Gasteiger partial charge in [-0.15, -0.1) is 12.4 Å². The number of aliphatic carboxylic acids is 1. The third kappa shape index (κ3) is 7.53. The quantitative estimate of drug-likeness (QED) is 0.547. The summed E-state index contributed by atoms with van der Waals surface area (Å²) in [6, 6.07) is -1.74. The van der Waals surface area contributed by atoms with Crippen LogP contribution < -0.4 is 11.1 Å². The molecule has 0 aromatic rings. The number of amides is 1. The first-order chi connectivity index (χ1) is 7.38. The normalized spacial score (nSPS) is 12.9. The van der Waals surface area contributed by atoms with Crippen LogP contribution in [0.25, 0.3) is 0 Å². The highest BCUT2D eigenvalue weighted by atomic mass is 35.5. The zero-order valence-electron chi connectivity index (χ0n) is 9.63. The fourth-order valence-electron chi connectivity index (χ4n) is 0.966. The Balaban J connectivity index is 0. The number of halogens is 1. The molecule has 0 aliphatic heterocycles. The van der Waals surface area contributed by atoms with Gasteiger partial charge >= 0.3 is 11.9 Å². The van der Waals surface area contributed by atoms with Crippen LogP contribution in [0.5, 0.6) is 0 Å². The van der Waals surface area contributed by atoms with Gasteiger partial charge in [-0.2, -0.15) is 0 Å². The number of nitrogens with one attached hydrogen (secondary N) is 1. The second-order valence-corrected chi connectivity index (χ2v) is 3.29. The largest absolute Gasteiger partial charge is 0.481 e. The molecule has 0 saturated carbocycles. The maximum atomic E-state index is 11.3. The predicted molar refractivity (Wildman–Crippen MR) is 61.7 cm³/mol. The van der Waals surface area contributed by atoms with Crippen LogP contribution in [0.4, 0.5) is 0 Å². The lowest BCUT2D eigenvalue weighted by molar-refractivity contribution is -0.145. The molecule has 8 heteroatoms. The molecule has 0 heterocycles. The number of rotatable bonds is 6. The molecule has 0 aromatic heterocycles. The summed E-state index contributed by atoms with van der Waals surface area (Å²) in [5, 5.41) is 10.7. The fraction of sp³-hybridized carbons (Fsp3) is 0.667. The van der Waals surface area contributed by atoms with E-state index in [2.05, 4.69) is 10.1 Å². The highest BCUT2D eigenvalue weighted by Gasteiger charge is 2.20. The van der Waals surface area contributed by atoms with Gasteiger partial charge in [0.05, 0.1) is 13.2 Å². The highest BCUT2D eigenvalue weighted by Crippen LogP contribution is 1.96. The van der Waals surface area contributed by atoms with Gasteiger partial charge in [0, 0.05) is 6.42 Å². The van der Waals surface area contributed by atoms with Gasteiger partial charge in [0.1, 0.15) is 6.04 Å². The third-order valence-electron chi connectivity index (χ3n) is 1.92. The summed E-state index contributed by atoms with van der Waals surface area (Å²) in [7, 11) is 1.20. The Morgan fingerprint density at radius 3 is 2.35 bits per heavy atom. The topological polar surface area (TPSA) is 119 Å². The van der Waals surface area contributed by atoms with Crippen molar-refractivity contribution in [1.29, 1.82) is 0 Å². The van der Waals surface area contributed by atoms with Gasteiger partial charge in [0.2, 0.25) is 5.91 Å². The van der Waals surface area contributed by atoms with Crippen molar-refractivity contribution >= 4 is 30.3 Å². The Bertz CT molecular complexity index is 285. The van der Waals surface area contributed by atoms with Gasteiger partial charge in [-0.3, -0.25) is 9.59 Å². The lowest BCUT2D eigenvalue weighted by Gasteiger charge is -2.15. The van der Waals surface area contributed by atoms with Gasteiger partial charge in [0.15, 0.2) is 0 Å².